The fourth-order valence-corrected chi connectivity index (χ4v) is 7.09. The number of carbonyl (C=O) groups excluding carboxylic acids is 8. The van der Waals surface area contributed by atoms with E-state index in [1.54, 1.807) is 44.2 Å². The number of aliphatic hydroxyl groups excluding tert-OH is 2. The summed E-state index contributed by atoms with van der Waals surface area (Å²) in [6.45, 7) is 14.4. The van der Waals surface area contributed by atoms with Crippen molar-refractivity contribution in [3.05, 3.63) is 123 Å². The smallest absolute Gasteiger partial charge is 0.411 e. The number of nitrogens with zero attached hydrogens (tertiary/aromatic N) is 1. The molecule has 0 spiro atoms. The molecule has 2 heterocycles. The molecule has 1 aliphatic heterocycles. The minimum atomic E-state index is -0.738. The zero-order valence-electron chi connectivity index (χ0n) is 44.3. The Morgan fingerprint density at radius 1 is 0.718 bits per heavy atom. The number of amides is 3. The maximum absolute atomic E-state index is 11.8. The lowest BCUT2D eigenvalue weighted by Crippen LogP contribution is -2.37. The molecule has 1 aliphatic rings. The number of fused-ring (bicyclic) bond motifs is 2. The van der Waals surface area contributed by atoms with Crippen LogP contribution in [0.2, 0.25) is 0 Å². The highest BCUT2D eigenvalue weighted by atomic mass is 79.9. The molecule has 0 bridgehead atoms. The molecule has 0 atom stereocenters. The van der Waals surface area contributed by atoms with E-state index in [1.807, 2.05) is 49.4 Å². The number of aromatic nitrogens is 2. The molecule has 5 aromatic rings. The molecule has 20 nitrogen and oxygen atoms in total. The third-order valence-corrected chi connectivity index (χ3v) is 11.2. The first-order valence-corrected chi connectivity index (χ1v) is 27.7. The van der Waals surface area contributed by atoms with Crippen molar-refractivity contribution in [2.45, 2.75) is 99.3 Å². The van der Waals surface area contributed by atoms with Crippen LogP contribution in [-0.4, -0.2) is 95.4 Å². The Morgan fingerprint density at radius 3 is 1.72 bits per heavy atom. The third-order valence-electron chi connectivity index (χ3n) is 9.13. The van der Waals surface area contributed by atoms with E-state index in [0.29, 0.717) is 49.4 Å². The van der Waals surface area contributed by atoms with E-state index in [-0.39, 0.29) is 48.7 Å². The van der Waals surface area contributed by atoms with Gasteiger partial charge in [0.15, 0.2) is 0 Å². The van der Waals surface area contributed by atoms with Gasteiger partial charge in [0.2, 0.25) is 5.91 Å². The average molecular weight is 1370 g/mol. The van der Waals surface area contributed by atoms with Crippen LogP contribution < -0.4 is 32.4 Å². The van der Waals surface area contributed by atoms with E-state index >= 15 is 0 Å². The van der Waals surface area contributed by atoms with Crippen LogP contribution in [0.5, 0.6) is 6.01 Å². The van der Waals surface area contributed by atoms with Crippen molar-refractivity contribution in [3.63, 3.8) is 0 Å². The number of H-pyrrole nitrogens is 1. The van der Waals surface area contributed by atoms with Crippen LogP contribution >= 0.6 is 75.3 Å². The van der Waals surface area contributed by atoms with Gasteiger partial charge in [-0.25, -0.2) is 9.59 Å². The first kappa shape index (κ1) is 76.6. The molecule has 1 aromatic heterocycles. The Labute approximate surface area is 493 Å². The van der Waals surface area contributed by atoms with Crippen molar-refractivity contribution in [1.82, 2.24) is 15.3 Å². The minimum Gasteiger partial charge on any atom is -0.465 e. The summed E-state index contributed by atoms with van der Waals surface area (Å²) in [4.78, 5) is 94.2. The summed E-state index contributed by atoms with van der Waals surface area (Å²) in [5, 5.41) is 21.7. The van der Waals surface area contributed by atoms with E-state index in [4.69, 9.17) is 61.9 Å². The Morgan fingerprint density at radius 2 is 1.24 bits per heavy atom. The van der Waals surface area contributed by atoms with Crippen LogP contribution in [0, 0.1) is 0 Å². The average Bonchev–Trinajstić information content (AvgIpc) is 3.37. The lowest BCUT2D eigenvalue weighted by Gasteiger charge is -2.14. The minimum absolute atomic E-state index is 0.172. The van der Waals surface area contributed by atoms with Crippen molar-refractivity contribution in [2.75, 3.05) is 50.6 Å². The number of nitrogen functional groups attached to an aromatic ring is 1. The lowest BCUT2D eigenvalue weighted by atomic mass is 10.0. The predicted octanol–water partition coefficient (Wildman–Crippen LogP) is 11.0. The first-order valence-electron chi connectivity index (χ1n) is 24.1. The van der Waals surface area contributed by atoms with Crippen LogP contribution in [0.3, 0.4) is 0 Å². The van der Waals surface area contributed by atoms with Gasteiger partial charge in [-0.05, 0) is 136 Å². The molecule has 3 amide bonds. The summed E-state index contributed by atoms with van der Waals surface area (Å²) < 4.78 is 18.1. The molecular weight excluding hydrogens is 1300 g/mol. The third kappa shape index (κ3) is 38.0. The van der Waals surface area contributed by atoms with Crippen molar-refractivity contribution >= 4 is 133 Å². The number of ether oxygens (including phenoxy) is 3. The monoisotopic (exact) mass is 1360 g/mol. The van der Waals surface area contributed by atoms with Crippen LogP contribution in [0.1, 0.15) is 107 Å². The number of hydrogen-bond acceptors (Lipinski definition) is 17. The van der Waals surface area contributed by atoms with Crippen LogP contribution in [-0.2, 0) is 52.7 Å². The Bertz CT molecular complexity index is 2640. The van der Waals surface area contributed by atoms with Crippen molar-refractivity contribution < 1.29 is 62.8 Å². The highest BCUT2D eigenvalue weighted by molar-refractivity contribution is 9.11. The number of nitrogens with one attached hydrogen (secondary N) is 3. The zero-order valence-corrected chi connectivity index (χ0v) is 51.4. The van der Waals surface area contributed by atoms with Gasteiger partial charge in [0.1, 0.15) is 0 Å². The summed E-state index contributed by atoms with van der Waals surface area (Å²) in [7, 11) is 0. The topological polar surface area (TPSA) is 327 Å². The summed E-state index contributed by atoms with van der Waals surface area (Å²) >= 11 is 18.1. The molecule has 78 heavy (non-hydrogen) atoms. The van der Waals surface area contributed by atoms with Crippen molar-refractivity contribution in [3.8, 4) is 6.01 Å². The number of benzene rings is 4. The van der Waals surface area contributed by atoms with Gasteiger partial charge in [-0.1, -0.05) is 116 Å². The summed E-state index contributed by atoms with van der Waals surface area (Å²) in [6.07, 6.45) is 8.05. The number of carbonyl (C=O) groups is 4. The second-order valence-corrected chi connectivity index (χ2v) is 18.9. The number of anilines is 2. The van der Waals surface area contributed by atoms with Gasteiger partial charge >= 0.3 is 23.8 Å². The van der Waals surface area contributed by atoms with Crippen molar-refractivity contribution in [1.29, 1.82) is 0 Å². The van der Waals surface area contributed by atoms with Crippen LogP contribution in [0.4, 0.5) is 21.0 Å². The number of aliphatic hydroxyl groups is 2. The SMILES string of the molecule is CCCCO.CCCCOc1nc2cc(Br)ccc2c(=O)[nH]1.CCOC(=O)Cl.CCOC(=O)Nc1cc(Br)ccc1CC.CCc1ccc(Br)cc1N.NCCCCO.O=C1Cc2cc(Br)ccc2C(=O)N1.O=C=O.O=C=O. The number of hydrogen-bond donors (Lipinski definition) is 7. The standard InChI is InChI=1S/C12H13BrN2O2.C11H14BrNO2.C9H6BrNO2.C8H10BrN.C4H11NO.C4H10O.C3H5ClO2.2CO2/c1-2-3-6-17-12-14-10-7-8(13)4-5-9(10)11(16)15-12;1-3-8-5-6-9(12)7-10(8)13-11(14)15-4-2;10-6-1-2-7-5(3-6)4-8(12)11-9(7)13;1-2-6-3-4-7(9)5-8(6)10;5-3-1-2-4-6;1-2-3-4-5;1-2-6-3(4)5;2*2-1-3/h4-5,7H,2-3,6H2,1H3,(H,14,15,16);5-7H,3-4H2,1-2H3,(H,13,14);1-3H,4H2,(H,11,12,13);3-5H,2,10H2,1H3;6H,1-5H2;5H,2-4H2,1H3;2H2,1H3;;. The van der Waals surface area contributed by atoms with E-state index in [9.17, 15) is 24.0 Å². The highest BCUT2D eigenvalue weighted by Crippen LogP contribution is 2.23. The first-order chi connectivity index (χ1) is 37.2. The van der Waals surface area contributed by atoms with Gasteiger partial charge in [0.25, 0.3) is 17.5 Å². The van der Waals surface area contributed by atoms with Crippen LogP contribution in [0.25, 0.3) is 10.9 Å². The predicted molar refractivity (Wildman–Crippen MR) is 313 cm³/mol. The number of halogens is 5. The largest absolute Gasteiger partial charge is 0.465 e. The molecule has 0 unspecified atom stereocenters. The summed E-state index contributed by atoms with van der Waals surface area (Å²) in [6, 6.07) is 22.7. The molecule has 25 heteroatoms. The Balaban J connectivity index is -0.000000857. The van der Waals surface area contributed by atoms with Gasteiger partial charge in [-0.15, -0.1) is 0 Å². The van der Waals surface area contributed by atoms with Crippen molar-refractivity contribution in [2.24, 2.45) is 5.73 Å². The van der Waals surface area contributed by atoms with Gasteiger partial charge in [-0.3, -0.25) is 30.0 Å². The maximum atomic E-state index is 11.8. The van der Waals surface area contributed by atoms with E-state index in [1.165, 1.54) is 5.56 Å². The van der Waals surface area contributed by atoms with Gasteiger partial charge in [0, 0.05) is 59.6 Å². The maximum Gasteiger partial charge on any atom is 0.411 e. The van der Waals surface area contributed by atoms with Gasteiger partial charge < -0.3 is 35.9 Å². The molecule has 4 aromatic carbocycles. The number of aromatic amines is 1. The zero-order chi connectivity index (χ0) is 59.8. The summed E-state index contributed by atoms with van der Waals surface area (Å²) in [5.74, 6) is -0.547. The quantitative estimate of drug-likeness (QED) is 0.0235. The normalized spacial score (nSPS) is 10.0. The molecule has 6 rings (SSSR count). The molecule has 0 saturated carbocycles. The summed E-state index contributed by atoms with van der Waals surface area (Å²) in [5.41, 5.74) is 15.9. The Kier molecular flexibility index (Phi) is 48.7. The fourth-order valence-electron chi connectivity index (χ4n) is 5.48. The molecule has 0 radical (unpaired) electrons. The number of aryl methyl sites for hydroxylation is 2. The number of nitrogens with two attached hydrogens (primary N) is 2. The van der Waals surface area contributed by atoms with E-state index < -0.39 is 11.5 Å². The van der Waals surface area contributed by atoms with Crippen LogP contribution in [0.15, 0.2) is 95.5 Å². The van der Waals surface area contributed by atoms with E-state index in [0.717, 1.165) is 91.8 Å². The van der Waals surface area contributed by atoms with Gasteiger partial charge in [0.05, 0.1) is 37.1 Å². The second kappa shape index (κ2) is 49.6. The molecule has 9 N–H and O–H groups in total. The molecule has 0 saturated heterocycles. The number of rotatable bonds is 14. The lowest BCUT2D eigenvalue weighted by molar-refractivity contribution is -0.193. The highest BCUT2D eigenvalue weighted by Gasteiger charge is 2.21. The Hall–Kier alpha value is -5.65. The fraction of sp³-hybridized carbons (Fsp3) is 0.396. The number of imide groups is 1. The molecule has 0 fully saturated rings. The van der Waals surface area contributed by atoms with E-state index in [2.05, 4.69) is 110 Å². The second-order valence-electron chi connectivity index (χ2n) is 14.9. The molecular formula is C53H69Br4ClN6O14. The molecule has 0 aliphatic carbocycles. The molecule has 430 valence electrons. The van der Waals surface area contributed by atoms with Gasteiger partial charge in [-0.2, -0.15) is 24.2 Å². The number of unbranched alkanes of at least 4 members (excludes halogenated alkanes) is 3.